The summed E-state index contributed by atoms with van der Waals surface area (Å²) in [6.45, 7) is 2.14. The summed E-state index contributed by atoms with van der Waals surface area (Å²) >= 11 is 5.91. The third kappa shape index (κ3) is 4.35. The van der Waals surface area contributed by atoms with E-state index in [0.29, 0.717) is 24.7 Å². The van der Waals surface area contributed by atoms with Gasteiger partial charge in [-0.1, -0.05) is 23.7 Å². The molecule has 7 heteroatoms. The number of benzene rings is 1. The first-order valence-electron chi connectivity index (χ1n) is 8.07. The van der Waals surface area contributed by atoms with Crippen molar-refractivity contribution < 1.29 is 9.90 Å². The lowest BCUT2D eigenvalue weighted by molar-refractivity contribution is -0.123. The molecular weight excluding hydrogens is 328 g/mol. The maximum atomic E-state index is 12.1. The Kier molecular flexibility index (Phi) is 5.50. The molecule has 0 bridgehead atoms. The molecule has 2 aromatic rings. The number of hydrogen-bond acceptors (Lipinski definition) is 4. The van der Waals surface area contributed by atoms with Crippen molar-refractivity contribution in [2.24, 2.45) is 0 Å². The molecule has 1 saturated heterocycles. The second-order valence-electron chi connectivity index (χ2n) is 6.09. The number of aliphatic hydroxyl groups is 1. The quantitative estimate of drug-likeness (QED) is 0.769. The molecule has 1 aromatic carbocycles. The van der Waals surface area contributed by atoms with E-state index in [1.807, 2.05) is 29.2 Å². The highest BCUT2D eigenvalue weighted by molar-refractivity contribution is 6.30. The first kappa shape index (κ1) is 17.0. The van der Waals surface area contributed by atoms with Gasteiger partial charge in [0.15, 0.2) is 0 Å². The Morgan fingerprint density at radius 1 is 1.42 bits per heavy atom. The molecule has 1 fully saturated rings. The molecule has 0 unspecified atom stereocenters. The Morgan fingerprint density at radius 2 is 2.21 bits per heavy atom. The van der Waals surface area contributed by atoms with Gasteiger partial charge in [0.25, 0.3) is 0 Å². The number of amides is 1. The summed E-state index contributed by atoms with van der Waals surface area (Å²) in [6, 6.07) is 7.47. The lowest BCUT2D eigenvalue weighted by Crippen LogP contribution is -2.44. The van der Waals surface area contributed by atoms with Crippen LogP contribution < -0.4 is 5.32 Å². The van der Waals surface area contributed by atoms with Gasteiger partial charge in [-0.15, -0.1) is 0 Å². The van der Waals surface area contributed by atoms with E-state index in [4.69, 9.17) is 11.6 Å². The van der Waals surface area contributed by atoms with Crippen LogP contribution in [0.4, 0.5) is 0 Å². The highest BCUT2D eigenvalue weighted by Gasteiger charge is 2.19. The van der Waals surface area contributed by atoms with Gasteiger partial charge in [-0.2, -0.15) is 5.10 Å². The van der Waals surface area contributed by atoms with Crippen LogP contribution >= 0.6 is 11.6 Å². The smallest absolute Gasteiger partial charge is 0.234 e. The number of likely N-dealkylation sites (tertiary alicyclic amines) is 1. The molecule has 128 valence electrons. The summed E-state index contributed by atoms with van der Waals surface area (Å²) in [7, 11) is 0. The largest absolute Gasteiger partial charge is 0.392 e. The topological polar surface area (TPSA) is 81.2 Å². The predicted molar refractivity (Wildman–Crippen MR) is 92.6 cm³/mol. The molecule has 3 N–H and O–H groups in total. The molecule has 0 radical (unpaired) electrons. The van der Waals surface area contributed by atoms with Crippen molar-refractivity contribution in [3.8, 4) is 11.3 Å². The fraction of sp³-hybridized carbons (Fsp3) is 0.412. The van der Waals surface area contributed by atoms with Crippen LogP contribution in [-0.2, 0) is 11.3 Å². The summed E-state index contributed by atoms with van der Waals surface area (Å²) in [5, 5.41) is 20.3. The van der Waals surface area contributed by atoms with E-state index in [2.05, 4.69) is 15.5 Å². The molecule has 0 aliphatic carbocycles. The third-order valence-electron chi connectivity index (χ3n) is 4.17. The molecule has 6 nitrogen and oxygen atoms in total. The number of piperidine rings is 1. The maximum absolute atomic E-state index is 12.1. The van der Waals surface area contributed by atoms with Gasteiger partial charge in [-0.05, 0) is 37.1 Å². The number of nitrogens with zero attached hydrogens (tertiary/aromatic N) is 2. The van der Waals surface area contributed by atoms with E-state index in [-0.39, 0.29) is 12.0 Å². The second-order valence-corrected chi connectivity index (χ2v) is 6.52. The molecule has 0 saturated carbocycles. The van der Waals surface area contributed by atoms with Crippen molar-refractivity contribution in [3.63, 3.8) is 0 Å². The fourth-order valence-electron chi connectivity index (χ4n) is 2.94. The summed E-state index contributed by atoms with van der Waals surface area (Å²) < 4.78 is 0. The molecule has 2 heterocycles. The van der Waals surface area contributed by atoms with Gasteiger partial charge in [0.1, 0.15) is 0 Å². The van der Waals surface area contributed by atoms with Gasteiger partial charge in [-0.3, -0.25) is 14.8 Å². The number of H-pyrrole nitrogens is 1. The lowest BCUT2D eigenvalue weighted by Gasteiger charge is -2.29. The van der Waals surface area contributed by atoms with Crippen LogP contribution in [0, 0.1) is 0 Å². The fourth-order valence-corrected chi connectivity index (χ4v) is 3.07. The number of nitrogens with one attached hydrogen (secondary N) is 2. The van der Waals surface area contributed by atoms with Crippen molar-refractivity contribution in [3.05, 3.63) is 41.0 Å². The van der Waals surface area contributed by atoms with E-state index in [9.17, 15) is 9.90 Å². The predicted octanol–water partition coefficient (Wildman–Crippen LogP) is 1.80. The number of hydrogen-bond donors (Lipinski definition) is 3. The number of aromatic nitrogens is 2. The van der Waals surface area contributed by atoms with Crippen molar-refractivity contribution in [1.82, 2.24) is 20.4 Å². The average molecular weight is 349 g/mol. The minimum absolute atomic E-state index is 0.0487. The van der Waals surface area contributed by atoms with Gasteiger partial charge in [-0.25, -0.2) is 0 Å². The Morgan fingerprint density at radius 3 is 2.96 bits per heavy atom. The van der Waals surface area contributed by atoms with Crippen LogP contribution in [-0.4, -0.2) is 51.8 Å². The molecule has 1 atom stereocenters. The Labute approximate surface area is 145 Å². The number of β-amino-alcohol motifs (C(OH)–C–C–N with tert-alkyl or cyclic N) is 1. The first-order valence-corrected chi connectivity index (χ1v) is 8.45. The van der Waals surface area contributed by atoms with Crippen LogP contribution in [0.3, 0.4) is 0 Å². The van der Waals surface area contributed by atoms with Crippen LogP contribution in [0.2, 0.25) is 5.02 Å². The Hall–Kier alpha value is -1.89. The number of aromatic amines is 1. The third-order valence-corrected chi connectivity index (χ3v) is 4.43. The van der Waals surface area contributed by atoms with E-state index in [1.165, 1.54) is 0 Å². The van der Waals surface area contributed by atoms with E-state index in [1.54, 1.807) is 6.20 Å². The number of aliphatic hydroxyl groups excluding tert-OH is 1. The zero-order valence-electron chi connectivity index (χ0n) is 13.3. The number of carbonyl (C=O) groups is 1. The Balaban J connectivity index is 1.56. The SMILES string of the molecule is O=C(CN1CCC[C@H](O)C1)NCc1cn[nH]c1-c1ccc(Cl)cc1. The summed E-state index contributed by atoms with van der Waals surface area (Å²) in [6.07, 6.45) is 3.14. The lowest BCUT2D eigenvalue weighted by atomic mass is 10.1. The monoisotopic (exact) mass is 348 g/mol. The van der Waals surface area contributed by atoms with Gasteiger partial charge in [0.2, 0.25) is 5.91 Å². The maximum Gasteiger partial charge on any atom is 0.234 e. The van der Waals surface area contributed by atoms with Crippen LogP contribution in [0.25, 0.3) is 11.3 Å². The van der Waals surface area contributed by atoms with Gasteiger partial charge in [0, 0.05) is 23.7 Å². The number of halogens is 1. The minimum Gasteiger partial charge on any atom is -0.392 e. The number of rotatable bonds is 5. The highest BCUT2D eigenvalue weighted by atomic mass is 35.5. The van der Waals surface area contributed by atoms with Gasteiger partial charge in [0.05, 0.1) is 24.5 Å². The molecule has 3 rings (SSSR count). The van der Waals surface area contributed by atoms with Gasteiger partial charge >= 0.3 is 0 Å². The van der Waals surface area contributed by atoms with Gasteiger partial charge < -0.3 is 10.4 Å². The molecule has 1 aromatic heterocycles. The molecule has 1 aliphatic heterocycles. The van der Waals surface area contributed by atoms with Crippen molar-refractivity contribution in [2.45, 2.75) is 25.5 Å². The zero-order valence-corrected chi connectivity index (χ0v) is 14.1. The van der Waals surface area contributed by atoms with Crippen molar-refractivity contribution >= 4 is 17.5 Å². The normalized spacial score (nSPS) is 18.5. The average Bonchev–Trinajstić information content (AvgIpc) is 3.02. The van der Waals surface area contributed by atoms with E-state index in [0.717, 1.165) is 36.2 Å². The van der Waals surface area contributed by atoms with E-state index < -0.39 is 0 Å². The van der Waals surface area contributed by atoms with Crippen LogP contribution in [0.15, 0.2) is 30.5 Å². The highest BCUT2D eigenvalue weighted by Crippen LogP contribution is 2.22. The minimum atomic E-state index is -0.322. The molecule has 1 aliphatic rings. The van der Waals surface area contributed by atoms with Crippen LogP contribution in [0.5, 0.6) is 0 Å². The first-order chi connectivity index (χ1) is 11.6. The summed E-state index contributed by atoms with van der Waals surface area (Å²) in [5.74, 6) is -0.0487. The molecule has 24 heavy (non-hydrogen) atoms. The zero-order chi connectivity index (χ0) is 16.9. The summed E-state index contributed by atoms with van der Waals surface area (Å²) in [5.41, 5.74) is 2.77. The Bertz CT molecular complexity index is 686. The molecule has 0 spiro atoms. The molecule has 1 amide bonds. The standard InChI is InChI=1S/C17H21ClN4O2/c18-14-5-3-12(4-6-14)17-13(9-20-21-17)8-19-16(24)11-22-7-1-2-15(23)10-22/h3-6,9,15,23H,1-2,7-8,10-11H2,(H,19,24)(H,20,21)/t15-/m0/s1. The molecular formula is C17H21ClN4O2. The second kappa shape index (κ2) is 7.79. The van der Waals surface area contributed by atoms with Crippen molar-refractivity contribution in [2.75, 3.05) is 19.6 Å². The van der Waals surface area contributed by atoms with Crippen LogP contribution in [0.1, 0.15) is 18.4 Å². The van der Waals surface area contributed by atoms with Crippen molar-refractivity contribution in [1.29, 1.82) is 0 Å². The van der Waals surface area contributed by atoms with E-state index >= 15 is 0 Å². The summed E-state index contributed by atoms with van der Waals surface area (Å²) in [4.78, 5) is 14.1. The number of carbonyl (C=O) groups excluding carboxylic acids is 1.